The van der Waals surface area contributed by atoms with Gasteiger partial charge in [-0.25, -0.2) is 4.39 Å². The summed E-state index contributed by atoms with van der Waals surface area (Å²) in [4.78, 5) is 0. The van der Waals surface area contributed by atoms with E-state index in [4.69, 9.17) is 10.2 Å². The molecule has 0 aliphatic carbocycles. The second-order valence-corrected chi connectivity index (χ2v) is 5.36. The van der Waals surface area contributed by atoms with Crippen molar-refractivity contribution in [3.63, 3.8) is 0 Å². The van der Waals surface area contributed by atoms with E-state index < -0.39 is 0 Å². The molecule has 1 unspecified atom stereocenters. The predicted molar refractivity (Wildman–Crippen MR) is 74.5 cm³/mol. The van der Waals surface area contributed by atoms with E-state index in [0.29, 0.717) is 36.1 Å². The van der Waals surface area contributed by atoms with Crippen molar-refractivity contribution in [3.8, 4) is 0 Å². The molecule has 5 heteroatoms. The fraction of sp³-hybridized carbons (Fsp3) is 0.467. The molecule has 1 heterocycles. The van der Waals surface area contributed by atoms with Crippen LogP contribution in [0.3, 0.4) is 0 Å². The Hall–Kier alpha value is -1.75. The van der Waals surface area contributed by atoms with E-state index in [1.165, 1.54) is 6.07 Å². The van der Waals surface area contributed by atoms with Crippen molar-refractivity contribution in [3.05, 3.63) is 47.4 Å². The zero-order valence-corrected chi connectivity index (χ0v) is 11.8. The SMILES string of the molecule is CC(C)CC(N)c1nnc(CCc2ccccc2F)o1. The van der Waals surface area contributed by atoms with Crippen molar-refractivity contribution in [1.82, 2.24) is 10.2 Å². The Morgan fingerprint density at radius 1 is 1.20 bits per heavy atom. The molecule has 0 amide bonds. The number of benzene rings is 1. The van der Waals surface area contributed by atoms with Gasteiger partial charge in [0.15, 0.2) is 0 Å². The molecule has 20 heavy (non-hydrogen) atoms. The maximum Gasteiger partial charge on any atom is 0.233 e. The Kier molecular flexibility index (Phi) is 4.84. The third-order valence-electron chi connectivity index (χ3n) is 3.09. The third kappa shape index (κ3) is 3.87. The van der Waals surface area contributed by atoms with Crippen molar-refractivity contribution >= 4 is 0 Å². The van der Waals surface area contributed by atoms with Gasteiger partial charge in [-0.15, -0.1) is 10.2 Å². The molecular formula is C15H20FN3O. The molecule has 0 bridgehead atoms. The lowest BCUT2D eigenvalue weighted by Gasteiger charge is -2.08. The molecule has 0 saturated carbocycles. The van der Waals surface area contributed by atoms with Crippen molar-refractivity contribution in [2.24, 2.45) is 11.7 Å². The summed E-state index contributed by atoms with van der Waals surface area (Å²) in [6, 6.07) is 6.47. The highest BCUT2D eigenvalue weighted by Crippen LogP contribution is 2.18. The summed E-state index contributed by atoms with van der Waals surface area (Å²) < 4.78 is 19.0. The maximum absolute atomic E-state index is 13.5. The average molecular weight is 277 g/mol. The molecule has 0 aliphatic heterocycles. The van der Waals surface area contributed by atoms with Crippen LogP contribution in [-0.4, -0.2) is 10.2 Å². The van der Waals surface area contributed by atoms with E-state index in [1.54, 1.807) is 12.1 Å². The van der Waals surface area contributed by atoms with Gasteiger partial charge in [-0.3, -0.25) is 0 Å². The summed E-state index contributed by atoms with van der Waals surface area (Å²) in [5.74, 6) is 1.23. The van der Waals surface area contributed by atoms with Gasteiger partial charge in [-0.2, -0.15) is 0 Å². The smallest absolute Gasteiger partial charge is 0.233 e. The minimum absolute atomic E-state index is 0.205. The van der Waals surface area contributed by atoms with Crippen LogP contribution in [0.4, 0.5) is 4.39 Å². The number of hydrogen-bond donors (Lipinski definition) is 1. The van der Waals surface area contributed by atoms with Crippen molar-refractivity contribution in [2.45, 2.75) is 39.2 Å². The molecule has 0 radical (unpaired) electrons. The second kappa shape index (κ2) is 6.61. The number of aromatic nitrogens is 2. The fourth-order valence-electron chi connectivity index (χ4n) is 2.07. The number of hydrogen-bond acceptors (Lipinski definition) is 4. The summed E-state index contributed by atoms with van der Waals surface area (Å²) in [6.45, 7) is 4.19. The Bertz CT molecular complexity index is 554. The number of nitrogens with two attached hydrogens (primary N) is 1. The van der Waals surface area contributed by atoms with Crippen LogP contribution in [0, 0.1) is 11.7 Å². The molecule has 1 aromatic heterocycles. The van der Waals surface area contributed by atoms with Crippen molar-refractivity contribution in [1.29, 1.82) is 0 Å². The van der Waals surface area contributed by atoms with E-state index in [9.17, 15) is 4.39 Å². The molecule has 0 spiro atoms. The summed E-state index contributed by atoms with van der Waals surface area (Å²) >= 11 is 0. The van der Waals surface area contributed by atoms with Gasteiger partial charge in [0.1, 0.15) is 5.82 Å². The highest BCUT2D eigenvalue weighted by Gasteiger charge is 2.16. The van der Waals surface area contributed by atoms with E-state index in [0.717, 1.165) is 6.42 Å². The lowest BCUT2D eigenvalue weighted by molar-refractivity contribution is 0.383. The molecule has 108 valence electrons. The topological polar surface area (TPSA) is 64.9 Å². The van der Waals surface area contributed by atoms with Crippen molar-refractivity contribution < 1.29 is 8.81 Å². The van der Waals surface area contributed by atoms with Gasteiger partial charge in [0, 0.05) is 6.42 Å². The fourth-order valence-corrected chi connectivity index (χ4v) is 2.07. The monoisotopic (exact) mass is 277 g/mol. The van der Waals surface area contributed by atoms with E-state index in [1.807, 2.05) is 6.07 Å². The molecule has 4 nitrogen and oxygen atoms in total. The Morgan fingerprint density at radius 3 is 2.65 bits per heavy atom. The lowest BCUT2D eigenvalue weighted by atomic mass is 10.0. The van der Waals surface area contributed by atoms with E-state index >= 15 is 0 Å². The Morgan fingerprint density at radius 2 is 1.95 bits per heavy atom. The molecule has 0 aliphatic rings. The first kappa shape index (κ1) is 14.7. The summed E-state index contributed by atoms with van der Waals surface area (Å²) in [5.41, 5.74) is 6.64. The summed E-state index contributed by atoms with van der Waals surface area (Å²) in [5, 5.41) is 7.94. The van der Waals surface area contributed by atoms with Crippen LogP contribution in [-0.2, 0) is 12.8 Å². The number of rotatable bonds is 6. The van der Waals surface area contributed by atoms with Gasteiger partial charge in [0.2, 0.25) is 11.8 Å². The van der Waals surface area contributed by atoms with Gasteiger partial charge in [0.25, 0.3) is 0 Å². The lowest BCUT2D eigenvalue weighted by Crippen LogP contribution is -2.13. The minimum Gasteiger partial charge on any atom is -0.424 e. The van der Waals surface area contributed by atoms with Crippen LogP contribution in [0.25, 0.3) is 0 Å². The minimum atomic E-state index is -0.232. The van der Waals surface area contributed by atoms with E-state index in [2.05, 4.69) is 24.0 Å². The predicted octanol–water partition coefficient (Wildman–Crippen LogP) is 3.04. The zero-order valence-electron chi connectivity index (χ0n) is 11.8. The maximum atomic E-state index is 13.5. The van der Waals surface area contributed by atoms with Gasteiger partial charge >= 0.3 is 0 Å². The molecular weight excluding hydrogens is 257 g/mol. The van der Waals surface area contributed by atoms with E-state index in [-0.39, 0.29) is 11.9 Å². The number of aryl methyl sites for hydroxylation is 2. The molecule has 2 N–H and O–H groups in total. The quantitative estimate of drug-likeness (QED) is 0.881. The van der Waals surface area contributed by atoms with Crippen LogP contribution in [0.15, 0.2) is 28.7 Å². The average Bonchev–Trinajstić information content (AvgIpc) is 2.86. The highest BCUT2D eigenvalue weighted by molar-refractivity contribution is 5.17. The Balaban J connectivity index is 1.95. The van der Waals surface area contributed by atoms with Gasteiger partial charge < -0.3 is 10.2 Å². The number of halogens is 1. The van der Waals surface area contributed by atoms with Crippen LogP contribution in [0.5, 0.6) is 0 Å². The second-order valence-electron chi connectivity index (χ2n) is 5.36. The first-order chi connectivity index (χ1) is 9.56. The highest BCUT2D eigenvalue weighted by atomic mass is 19.1. The number of nitrogens with zero attached hydrogens (tertiary/aromatic N) is 2. The largest absolute Gasteiger partial charge is 0.424 e. The molecule has 2 rings (SSSR count). The standard InChI is InChI=1S/C15H20FN3O/c1-10(2)9-13(17)15-19-18-14(20-15)8-7-11-5-3-4-6-12(11)16/h3-6,10,13H,7-9,17H2,1-2H3. The van der Waals surface area contributed by atoms with Crippen LogP contribution >= 0.6 is 0 Å². The van der Waals surface area contributed by atoms with Crippen LogP contribution < -0.4 is 5.73 Å². The molecule has 1 aromatic carbocycles. The van der Waals surface area contributed by atoms with Gasteiger partial charge in [-0.05, 0) is 30.4 Å². The zero-order chi connectivity index (χ0) is 14.5. The van der Waals surface area contributed by atoms with Gasteiger partial charge in [0.05, 0.1) is 6.04 Å². The first-order valence-electron chi connectivity index (χ1n) is 6.87. The molecule has 0 fully saturated rings. The Labute approximate surface area is 118 Å². The van der Waals surface area contributed by atoms with Crippen LogP contribution in [0.1, 0.15) is 43.7 Å². The molecule has 2 aromatic rings. The summed E-state index contributed by atoms with van der Waals surface area (Å²) in [6.07, 6.45) is 1.85. The van der Waals surface area contributed by atoms with Crippen LogP contribution in [0.2, 0.25) is 0 Å². The first-order valence-corrected chi connectivity index (χ1v) is 6.87. The molecule has 0 saturated heterocycles. The van der Waals surface area contributed by atoms with Gasteiger partial charge in [-0.1, -0.05) is 32.0 Å². The normalized spacial score (nSPS) is 12.8. The third-order valence-corrected chi connectivity index (χ3v) is 3.09. The molecule has 1 atom stereocenters. The van der Waals surface area contributed by atoms with Crippen molar-refractivity contribution in [2.75, 3.05) is 0 Å². The summed E-state index contributed by atoms with van der Waals surface area (Å²) in [7, 11) is 0.